The monoisotopic (exact) mass is 293 g/mol. The van der Waals surface area contributed by atoms with Gasteiger partial charge in [-0.2, -0.15) is 0 Å². The molecular formula is C13H15N3O3S. The van der Waals surface area contributed by atoms with Gasteiger partial charge >= 0.3 is 0 Å². The highest BCUT2D eigenvalue weighted by Crippen LogP contribution is 2.25. The van der Waals surface area contributed by atoms with E-state index in [1.54, 1.807) is 0 Å². The summed E-state index contributed by atoms with van der Waals surface area (Å²) in [4.78, 5) is 27.3. The van der Waals surface area contributed by atoms with Crippen molar-refractivity contribution in [2.45, 2.75) is 12.8 Å². The fraction of sp³-hybridized carbons (Fsp3) is 0.308. The first-order valence-electron chi connectivity index (χ1n) is 6.22. The Morgan fingerprint density at radius 2 is 1.95 bits per heavy atom. The number of hydrogen-bond donors (Lipinski definition) is 3. The Hall–Kier alpha value is -1.99. The zero-order valence-corrected chi connectivity index (χ0v) is 11.6. The molecule has 0 unspecified atom stereocenters. The average molecular weight is 293 g/mol. The topological polar surface area (TPSA) is 91.3 Å². The lowest BCUT2D eigenvalue weighted by Gasteiger charge is -2.03. The summed E-state index contributed by atoms with van der Waals surface area (Å²) in [7, 11) is 0. The second kappa shape index (κ2) is 6.97. The number of carbonyl (C=O) groups excluding carboxylic acids is 2. The summed E-state index contributed by atoms with van der Waals surface area (Å²) in [6, 6.07) is 7.62. The predicted molar refractivity (Wildman–Crippen MR) is 77.6 cm³/mol. The second-order valence-corrected chi connectivity index (χ2v) is 5.14. The molecule has 0 aliphatic rings. The van der Waals surface area contributed by atoms with Crippen LogP contribution >= 0.6 is 11.3 Å². The quantitative estimate of drug-likeness (QED) is 0.744. The highest BCUT2D eigenvalue weighted by molar-refractivity contribution is 7.22. The Kier molecular flexibility index (Phi) is 5.03. The molecule has 0 spiro atoms. The fourth-order valence-corrected chi connectivity index (χ4v) is 2.50. The molecule has 3 N–H and O–H groups in total. The van der Waals surface area contributed by atoms with E-state index in [-0.39, 0.29) is 37.8 Å². The van der Waals surface area contributed by atoms with E-state index in [0.717, 1.165) is 10.2 Å². The van der Waals surface area contributed by atoms with Gasteiger partial charge in [0, 0.05) is 19.4 Å². The molecule has 0 saturated carbocycles. The number of aromatic nitrogens is 1. The van der Waals surface area contributed by atoms with Gasteiger partial charge in [0.2, 0.25) is 11.8 Å². The summed E-state index contributed by atoms with van der Waals surface area (Å²) in [5.41, 5.74) is 0.841. The molecule has 106 valence electrons. The molecule has 0 bridgehead atoms. The number of fused-ring (bicyclic) bond motifs is 1. The Morgan fingerprint density at radius 3 is 2.70 bits per heavy atom. The third-order valence-corrected chi connectivity index (χ3v) is 3.51. The highest BCUT2D eigenvalue weighted by atomic mass is 32.1. The lowest BCUT2D eigenvalue weighted by Crippen LogP contribution is -2.27. The first-order valence-corrected chi connectivity index (χ1v) is 7.03. The zero-order chi connectivity index (χ0) is 14.4. The van der Waals surface area contributed by atoms with Crippen LogP contribution in [0.5, 0.6) is 0 Å². The largest absolute Gasteiger partial charge is 0.395 e. The summed E-state index contributed by atoms with van der Waals surface area (Å²) >= 11 is 1.40. The summed E-state index contributed by atoms with van der Waals surface area (Å²) < 4.78 is 1.00. The second-order valence-electron chi connectivity index (χ2n) is 4.11. The van der Waals surface area contributed by atoms with Crippen LogP contribution in [0.1, 0.15) is 12.8 Å². The molecule has 0 aliphatic carbocycles. The molecule has 0 aliphatic heterocycles. The van der Waals surface area contributed by atoms with E-state index in [1.165, 1.54) is 11.3 Å². The molecule has 1 heterocycles. The molecule has 7 heteroatoms. The minimum Gasteiger partial charge on any atom is -0.395 e. The van der Waals surface area contributed by atoms with Gasteiger partial charge in [0.25, 0.3) is 0 Å². The zero-order valence-electron chi connectivity index (χ0n) is 10.8. The van der Waals surface area contributed by atoms with Crippen molar-refractivity contribution in [2.24, 2.45) is 0 Å². The molecule has 2 rings (SSSR count). The molecule has 2 aromatic rings. The number of hydrogen-bond acceptors (Lipinski definition) is 5. The van der Waals surface area contributed by atoms with Gasteiger partial charge in [0.05, 0.1) is 16.8 Å². The molecule has 0 saturated heterocycles. The maximum atomic E-state index is 11.7. The van der Waals surface area contributed by atoms with Gasteiger partial charge in [-0.3, -0.25) is 9.59 Å². The van der Waals surface area contributed by atoms with Crippen molar-refractivity contribution in [2.75, 3.05) is 18.5 Å². The lowest BCUT2D eigenvalue weighted by molar-refractivity contribution is -0.124. The number of aliphatic hydroxyl groups excluding tert-OH is 1. The van der Waals surface area contributed by atoms with Crippen LogP contribution in [0.15, 0.2) is 24.3 Å². The summed E-state index contributed by atoms with van der Waals surface area (Å²) in [6.45, 7) is 0.0992. The fourth-order valence-electron chi connectivity index (χ4n) is 1.62. The van der Waals surface area contributed by atoms with Crippen molar-refractivity contribution >= 4 is 38.5 Å². The number of para-hydroxylation sites is 1. The van der Waals surface area contributed by atoms with Crippen LogP contribution in [-0.2, 0) is 9.59 Å². The third-order valence-electron chi connectivity index (χ3n) is 2.55. The number of nitrogens with one attached hydrogen (secondary N) is 2. The number of benzene rings is 1. The van der Waals surface area contributed by atoms with E-state index in [2.05, 4.69) is 15.6 Å². The number of thiazole rings is 1. The number of nitrogens with zero attached hydrogens (tertiary/aromatic N) is 1. The van der Waals surface area contributed by atoms with E-state index >= 15 is 0 Å². The summed E-state index contributed by atoms with van der Waals surface area (Å²) in [6.07, 6.45) is 0.184. The smallest absolute Gasteiger partial charge is 0.226 e. The number of aliphatic hydroxyl groups is 1. The van der Waals surface area contributed by atoms with Crippen molar-refractivity contribution in [1.29, 1.82) is 0 Å². The molecule has 6 nitrogen and oxygen atoms in total. The highest BCUT2D eigenvalue weighted by Gasteiger charge is 2.09. The minimum absolute atomic E-state index is 0.0905. The van der Waals surface area contributed by atoms with Gasteiger partial charge in [-0.05, 0) is 12.1 Å². The van der Waals surface area contributed by atoms with Crippen LogP contribution < -0.4 is 10.6 Å². The van der Waals surface area contributed by atoms with E-state index in [1.807, 2.05) is 24.3 Å². The standard InChI is InChI=1S/C13H15N3O3S/c17-8-7-14-11(18)5-6-12(19)16-13-15-9-3-1-2-4-10(9)20-13/h1-4,17H,5-8H2,(H,14,18)(H,15,16,19). The van der Waals surface area contributed by atoms with Crippen LogP contribution in [0, 0.1) is 0 Å². The maximum absolute atomic E-state index is 11.7. The summed E-state index contributed by atoms with van der Waals surface area (Å²) in [5, 5.41) is 14.3. The van der Waals surface area contributed by atoms with Gasteiger partial charge in [-0.15, -0.1) is 0 Å². The van der Waals surface area contributed by atoms with E-state index in [9.17, 15) is 9.59 Å². The Morgan fingerprint density at radius 1 is 1.20 bits per heavy atom. The lowest BCUT2D eigenvalue weighted by atomic mass is 10.3. The Bertz CT molecular complexity index is 579. The van der Waals surface area contributed by atoms with Crippen LogP contribution in [0.4, 0.5) is 5.13 Å². The van der Waals surface area contributed by atoms with Gasteiger partial charge in [0.1, 0.15) is 0 Å². The van der Waals surface area contributed by atoms with Crippen molar-refractivity contribution in [1.82, 2.24) is 10.3 Å². The molecule has 0 fully saturated rings. The number of amides is 2. The molecule has 0 atom stereocenters. The van der Waals surface area contributed by atoms with Gasteiger partial charge < -0.3 is 15.7 Å². The van der Waals surface area contributed by atoms with Crippen molar-refractivity contribution in [3.63, 3.8) is 0 Å². The minimum atomic E-state index is -0.251. The van der Waals surface area contributed by atoms with E-state index < -0.39 is 0 Å². The van der Waals surface area contributed by atoms with Crippen molar-refractivity contribution in [3.05, 3.63) is 24.3 Å². The molecule has 1 aromatic heterocycles. The normalized spacial score (nSPS) is 10.4. The molecule has 20 heavy (non-hydrogen) atoms. The van der Waals surface area contributed by atoms with Gasteiger partial charge in [-0.25, -0.2) is 4.98 Å². The SMILES string of the molecule is O=C(CCC(=O)Nc1nc2ccccc2s1)NCCO. The van der Waals surface area contributed by atoms with Gasteiger partial charge in [-0.1, -0.05) is 23.5 Å². The number of anilines is 1. The van der Waals surface area contributed by atoms with E-state index in [4.69, 9.17) is 5.11 Å². The Labute approximate surface area is 119 Å². The van der Waals surface area contributed by atoms with Gasteiger partial charge in [0.15, 0.2) is 5.13 Å². The summed E-state index contributed by atoms with van der Waals surface area (Å²) in [5.74, 6) is -0.498. The number of rotatable bonds is 6. The first-order chi connectivity index (χ1) is 9.69. The molecule has 0 radical (unpaired) electrons. The number of carbonyl (C=O) groups is 2. The van der Waals surface area contributed by atoms with Crippen molar-refractivity contribution < 1.29 is 14.7 Å². The predicted octanol–water partition coefficient (Wildman–Crippen LogP) is 1.12. The maximum Gasteiger partial charge on any atom is 0.226 e. The first kappa shape index (κ1) is 14.4. The van der Waals surface area contributed by atoms with E-state index in [0.29, 0.717) is 5.13 Å². The van der Waals surface area contributed by atoms with Crippen LogP contribution in [0.3, 0.4) is 0 Å². The van der Waals surface area contributed by atoms with Crippen LogP contribution in [0.2, 0.25) is 0 Å². The van der Waals surface area contributed by atoms with Crippen LogP contribution in [0.25, 0.3) is 10.2 Å². The van der Waals surface area contributed by atoms with Crippen LogP contribution in [-0.4, -0.2) is 35.1 Å². The third kappa shape index (κ3) is 4.01. The van der Waals surface area contributed by atoms with Crippen molar-refractivity contribution in [3.8, 4) is 0 Å². The molecular weight excluding hydrogens is 278 g/mol. The molecule has 1 aromatic carbocycles. The molecule has 2 amide bonds. The Balaban J connectivity index is 1.83. The average Bonchev–Trinajstić information content (AvgIpc) is 2.84.